The topological polar surface area (TPSA) is 116 Å². The quantitative estimate of drug-likeness (QED) is 0.491. The van der Waals surface area contributed by atoms with Gasteiger partial charge < -0.3 is 19.9 Å². The van der Waals surface area contributed by atoms with Crippen LogP contribution < -0.4 is 20.3 Å². The molecule has 2 N–H and O–H groups in total. The van der Waals surface area contributed by atoms with Crippen molar-refractivity contribution in [3.8, 4) is 17.3 Å². The number of carboxylic acid groups (broad SMARTS) is 1. The van der Waals surface area contributed by atoms with Gasteiger partial charge in [0, 0.05) is 12.4 Å². The molecule has 0 amide bonds. The number of hydrogen-bond acceptors (Lipinski definition) is 7. The molecule has 12 heteroatoms. The summed E-state index contributed by atoms with van der Waals surface area (Å²) in [4.78, 5) is 32.6. The number of ether oxygens (including phenoxy) is 2. The molecule has 0 unspecified atom stereocenters. The van der Waals surface area contributed by atoms with Crippen molar-refractivity contribution < 1.29 is 32.5 Å². The van der Waals surface area contributed by atoms with Crippen molar-refractivity contribution in [1.82, 2.24) is 14.5 Å². The molecule has 1 aliphatic carbocycles. The lowest BCUT2D eigenvalue weighted by molar-refractivity contribution is -0.148. The van der Waals surface area contributed by atoms with Gasteiger partial charge >= 0.3 is 12.1 Å². The molecular formula is C24H23F3N4O5. The van der Waals surface area contributed by atoms with E-state index >= 15 is 0 Å². The number of methoxy groups -OCH3 is 1. The third-order valence-electron chi connectivity index (χ3n) is 5.91. The molecule has 1 aliphatic rings. The van der Waals surface area contributed by atoms with Crippen LogP contribution in [0, 0.1) is 19.8 Å². The van der Waals surface area contributed by atoms with Crippen LogP contribution >= 0.6 is 0 Å². The molecule has 0 bridgehead atoms. The van der Waals surface area contributed by atoms with Gasteiger partial charge in [0.15, 0.2) is 5.82 Å². The van der Waals surface area contributed by atoms with E-state index in [-0.39, 0.29) is 23.4 Å². The van der Waals surface area contributed by atoms with Crippen molar-refractivity contribution in [2.24, 2.45) is 5.92 Å². The lowest BCUT2D eigenvalue weighted by atomic mass is 9.82. The molecular weight excluding hydrogens is 481 g/mol. The Balaban J connectivity index is 1.60. The zero-order valence-electron chi connectivity index (χ0n) is 19.6. The van der Waals surface area contributed by atoms with Gasteiger partial charge in [0.1, 0.15) is 23.4 Å². The highest BCUT2D eigenvalue weighted by molar-refractivity contribution is 5.71. The summed E-state index contributed by atoms with van der Waals surface area (Å²) in [6.07, 6.45) is -1.14. The fourth-order valence-electron chi connectivity index (χ4n) is 3.91. The van der Waals surface area contributed by atoms with Gasteiger partial charge in [0.25, 0.3) is 5.56 Å². The fraction of sp³-hybridized carbons (Fsp3) is 0.333. The zero-order chi connectivity index (χ0) is 26.2. The van der Waals surface area contributed by atoms with Gasteiger partial charge in [-0.05, 0) is 56.5 Å². The number of nitrogens with one attached hydrogen (secondary N) is 1. The van der Waals surface area contributed by atoms with Crippen molar-refractivity contribution in [3.05, 3.63) is 63.8 Å². The summed E-state index contributed by atoms with van der Waals surface area (Å²) in [5.74, 6) is -0.664. The Hall–Kier alpha value is -4.09. The Morgan fingerprint density at radius 1 is 1.22 bits per heavy atom. The van der Waals surface area contributed by atoms with Crippen LogP contribution in [-0.2, 0) is 11.0 Å². The number of aliphatic carboxylic acids is 1. The second-order valence-corrected chi connectivity index (χ2v) is 8.45. The summed E-state index contributed by atoms with van der Waals surface area (Å²) in [7, 11) is 1.22. The number of halogens is 3. The molecule has 190 valence electrons. The smallest absolute Gasteiger partial charge is 0.416 e. The number of hydrogen-bond donors (Lipinski definition) is 2. The first kappa shape index (κ1) is 25.0. The highest BCUT2D eigenvalue weighted by atomic mass is 19.4. The number of pyridine rings is 1. The first-order valence-corrected chi connectivity index (χ1v) is 11.0. The van der Waals surface area contributed by atoms with Crippen LogP contribution in [0.5, 0.6) is 11.5 Å². The Morgan fingerprint density at radius 3 is 2.56 bits per heavy atom. The van der Waals surface area contributed by atoms with Crippen molar-refractivity contribution in [2.45, 2.75) is 39.0 Å². The first-order valence-electron chi connectivity index (χ1n) is 11.0. The van der Waals surface area contributed by atoms with Crippen molar-refractivity contribution in [1.29, 1.82) is 0 Å². The lowest BCUT2D eigenvalue weighted by Crippen LogP contribution is -2.38. The Bertz CT molecular complexity index is 1340. The monoisotopic (exact) mass is 504 g/mol. The van der Waals surface area contributed by atoms with Gasteiger partial charge in [-0.1, -0.05) is 0 Å². The number of carboxylic acids is 1. The normalized spacial score (nSPS) is 17.3. The van der Waals surface area contributed by atoms with Crippen LogP contribution in [0.2, 0.25) is 0 Å². The summed E-state index contributed by atoms with van der Waals surface area (Å²) >= 11 is 0. The molecule has 0 spiro atoms. The number of benzene rings is 1. The minimum Gasteiger partial charge on any atom is -0.495 e. The maximum absolute atomic E-state index is 13.1. The molecule has 2 heterocycles. The summed E-state index contributed by atoms with van der Waals surface area (Å²) in [5.41, 5.74) is -0.105. The number of anilines is 2. The standard InChI is InChI=1S/C24H23F3N4O5/c1-12-8-19(29-13(2)20(12)36-16-9-14(10-16)23(33)34)31-7-6-28-21(22(31)32)30-17-5-4-15(24(25,26)27)11-18(17)35-3/h4-8,11,14,16H,9-10H2,1-3H3,(H,28,30)(H,33,34). The van der Waals surface area contributed by atoms with Gasteiger partial charge in [0.2, 0.25) is 0 Å². The highest BCUT2D eigenvalue weighted by Crippen LogP contribution is 2.36. The second kappa shape index (κ2) is 9.51. The average molecular weight is 504 g/mol. The molecule has 0 atom stereocenters. The molecule has 0 aliphatic heterocycles. The molecule has 2 aromatic heterocycles. The van der Waals surface area contributed by atoms with Crippen molar-refractivity contribution in [2.75, 3.05) is 12.4 Å². The van der Waals surface area contributed by atoms with Gasteiger partial charge in [-0.2, -0.15) is 13.2 Å². The first-order chi connectivity index (χ1) is 17.0. The van der Waals surface area contributed by atoms with E-state index in [0.717, 1.165) is 18.2 Å². The van der Waals surface area contributed by atoms with Gasteiger partial charge in [-0.25, -0.2) is 9.97 Å². The molecule has 4 rings (SSSR count). The maximum Gasteiger partial charge on any atom is 0.416 e. The number of rotatable bonds is 7. The van der Waals surface area contributed by atoms with Gasteiger partial charge in [-0.3, -0.25) is 14.2 Å². The van der Waals surface area contributed by atoms with E-state index in [9.17, 15) is 22.8 Å². The van der Waals surface area contributed by atoms with Crippen LogP contribution in [0.3, 0.4) is 0 Å². The molecule has 1 fully saturated rings. The van der Waals surface area contributed by atoms with Crippen LogP contribution in [0.25, 0.3) is 5.82 Å². The van der Waals surface area contributed by atoms with Crippen LogP contribution in [-0.4, -0.2) is 38.8 Å². The van der Waals surface area contributed by atoms with Crippen LogP contribution in [0.4, 0.5) is 24.7 Å². The molecule has 0 radical (unpaired) electrons. The van der Waals surface area contributed by atoms with Crippen LogP contribution in [0.15, 0.2) is 41.5 Å². The van der Waals surface area contributed by atoms with E-state index in [1.54, 1.807) is 19.9 Å². The third kappa shape index (κ3) is 4.97. The third-order valence-corrected chi connectivity index (χ3v) is 5.91. The van der Waals surface area contributed by atoms with Crippen molar-refractivity contribution >= 4 is 17.5 Å². The lowest BCUT2D eigenvalue weighted by Gasteiger charge is -2.33. The molecule has 36 heavy (non-hydrogen) atoms. The van der Waals surface area contributed by atoms with E-state index in [4.69, 9.17) is 14.6 Å². The largest absolute Gasteiger partial charge is 0.495 e. The number of alkyl halides is 3. The SMILES string of the molecule is COc1cc(C(F)(F)F)ccc1Nc1nccn(-c2cc(C)c(OC3CC(C(=O)O)C3)c(C)n2)c1=O. The minimum atomic E-state index is -4.54. The number of nitrogens with zero attached hydrogens (tertiary/aromatic N) is 3. The number of carbonyl (C=O) groups is 1. The summed E-state index contributed by atoms with van der Waals surface area (Å²) in [6, 6.07) is 4.52. The van der Waals surface area contributed by atoms with Gasteiger partial charge in [-0.15, -0.1) is 0 Å². The van der Waals surface area contributed by atoms with Gasteiger partial charge in [0.05, 0.1) is 30.0 Å². The number of aromatic nitrogens is 3. The molecule has 1 aromatic carbocycles. The predicted molar refractivity (Wildman–Crippen MR) is 123 cm³/mol. The van der Waals surface area contributed by atoms with E-state index in [2.05, 4.69) is 15.3 Å². The summed E-state index contributed by atoms with van der Waals surface area (Å²) < 4.78 is 51.3. The summed E-state index contributed by atoms with van der Waals surface area (Å²) in [5, 5.41) is 11.8. The fourth-order valence-corrected chi connectivity index (χ4v) is 3.91. The average Bonchev–Trinajstić information content (AvgIpc) is 2.77. The summed E-state index contributed by atoms with van der Waals surface area (Å²) in [6.45, 7) is 3.51. The Kier molecular flexibility index (Phi) is 6.61. The molecule has 0 saturated heterocycles. The van der Waals surface area contributed by atoms with E-state index < -0.39 is 29.2 Å². The Labute approximate surface area is 203 Å². The zero-order valence-corrected chi connectivity index (χ0v) is 19.6. The molecule has 1 saturated carbocycles. The molecule has 9 nitrogen and oxygen atoms in total. The Morgan fingerprint density at radius 2 is 1.94 bits per heavy atom. The minimum absolute atomic E-state index is 0.103. The van der Waals surface area contributed by atoms with E-state index in [1.165, 1.54) is 24.1 Å². The van der Waals surface area contributed by atoms with Crippen LogP contribution in [0.1, 0.15) is 29.7 Å². The molecule has 3 aromatic rings. The second-order valence-electron chi connectivity index (χ2n) is 8.45. The predicted octanol–water partition coefficient (Wildman–Crippen LogP) is 4.26. The van der Waals surface area contributed by atoms with E-state index in [1.807, 2.05) is 0 Å². The maximum atomic E-state index is 13.1. The highest BCUT2D eigenvalue weighted by Gasteiger charge is 2.36. The van der Waals surface area contributed by atoms with Crippen molar-refractivity contribution in [3.63, 3.8) is 0 Å². The van der Waals surface area contributed by atoms with E-state index in [0.29, 0.717) is 35.7 Å². The number of aryl methyl sites for hydroxylation is 2.